The van der Waals surface area contributed by atoms with Gasteiger partial charge in [-0.3, -0.25) is 4.79 Å². The highest BCUT2D eigenvalue weighted by molar-refractivity contribution is 8.01. The molecule has 0 spiro atoms. The molecule has 0 radical (unpaired) electrons. The lowest BCUT2D eigenvalue weighted by molar-refractivity contribution is -0.113. The highest BCUT2D eigenvalue weighted by Gasteiger charge is 2.09. The number of amides is 1. The van der Waals surface area contributed by atoms with Crippen molar-refractivity contribution < 1.29 is 4.79 Å². The highest BCUT2D eigenvalue weighted by Crippen LogP contribution is 2.26. The number of nitrogens with one attached hydrogen (secondary N) is 2. The number of carbonyl (C=O) groups is 1. The molecule has 0 saturated carbocycles. The minimum atomic E-state index is -0.0892. The number of halogens is 1. The lowest BCUT2D eigenvalue weighted by atomic mass is 10.2. The number of hydrogen-bond acceptors (Lipinski definition) is 6. The molecule has 5 nitrogen and oxygen atoms in total. The van der Waals surface area contributed by atoms with Crippen molar-refractivity contribution in [3.8, 4) is 0 Å². The lowest BCUT2D eigenvalue weighted by Crippen LogP contribution is -2.14. The maximum Gasteiger partial charge on any atom is 0.234 e. The van der Waals surface area contributed by atoms with E-state index in [1.807, 2.05) is 13.0 Å². The van der Waals surface area contributed by atoms with E-state index in [1.54, 1.807) is 12.1 Å². The van der Waals surface area contributed by atoms with Gasteiger partial charge in [0.25, 0.3) is 0 Å². The van der Waals surface area contributed by atoms with E-state index in [1.165, 1.54) is 23.1 Å². The van der Waals surface area contributed by atoms with Gasteiger partial charge in [-0.05, 0) is 31.0 Å². The van der Waals surface area contributed by atoms with E-state index < -0.39 is 0 Å². The van der Waals surface area contributed by atoms with Crippen molar-refractivity contribution >= 4 is 51.4 Å². The van der Waals surface area contributed by atoms with E-state index in [-0.39, 0.29) is 11.7 Å². The predicted molar refractivity (Wildman–Crippen MR) is 94.2 cm³/mol. The second-order valence-corrected chi connectivity index (χ2v) is 7.23. The topological polar surface area (TPSA) is 66.9 Å². The number of aryl methyl sites for hydroxylation is 1. The minimum Gasteiger partial charge on any atom is -0.360 e. The molecule has 0 aliphatic carbocycles. The van der Waals surface area contributed by atoms with Crippen molar-refractivity contribution in [2.45, 2.75) is 24.6 Å². The van der Waals surface area contributed by atoms with E-state index in [0.717, 1.165) is 33.7 Å². The van der Waals surface area contributed by atoms with Crippen molar-refractivity contribution in [1.82, 2.24) is 10.2 Å². The third kappa shape index (κ3) is 5.15. The fourth-order valence-electron chi connectivity index (χ4n) is 1.61. The second kappa shape index (κ2) is 8.36. The molecule has 2 rings (SSSR count). The molecule has 2 aromatic rings. The molecule has 1 aromatic carbocycles. The molecule has 0 saturated heterocycles. The summed E-state index contributed by atoms with van der Waals surface area (Å²) in [7, 11) is 0. The van der Waals surface area contributed by atoms with Crippen LogP contribution < -0.4 is 10.6 Å². The Hall–Kier alpha value is -1.31. The number of hydrogen-bond donors (Lipinski definition) is 2. The Bertz CT molecular complexity index is 648. The van der Waals surface area contributed by atoms with Crippen molar-refractivity contribution in [3.05, 3.63) is 28.8 Å². The first-order chi connectivity index (χ1) is 10.6. The summed E-state index contributed by atoms with van der Waals surface area (Å²) < 4.78 is 0.775. The number of carbonyl (C=O) groups excluding carboxylic acids is 1. The van der Waals surface area contributed by atoms with Crippen LogP contribution in [-0.4, -0.2) is 28.4 Å². The van der Waals surface area contributed by atoms with Crippen molar-refractivity contribution in [1.29, 1.82) is 0 Å². The van der Waals surface area contributed by atoms with Gasteiger partial charge in [-0.15, -0.1) is 10.2 Å². The van der Waals surface area contributed by atoms with Gasteiger partial charge in [-0.1, -0.05) is 47.7 Å². The molecule has 0 atom stereocenters. The second-order valence-electron chi connectivity index (χ2n) is 4.60. The fraction of sp³-hybridized carbons (Fsp3) is 0.357. The van der Waals surface area contributed by atoms with E-state index in [4.69, 9.17) is 11.6 Å². The SMILES string of the molecule is CCCNc1nnc(SCC(=O)Nc2cc(Cl)ccc2C)s1. The third-order valence-corrected chi connectivity index (χ3v) is 4.98. The first kappa shape index (κ1) is 17.1. The number of nitrogens with zero attached hydrogens (tertiary/aromatic N) is 2. The zero-order valence-corrected chi connectivity index (χ0v) is 14.7. The van der Waals surface area contributed by atoms with Gasteiger partial charge in [0.05, 0.1) is 5.75 Å². The molecule has 2 N–H and O–H groups in total. The van der Waals surface area contributed by atoms with Gasteiger partial charge < -0.3 is 10.6 Å². The predicted octanol–water partition coefficient (Wildman–Crippen LogP) is 4.05. The van der Waals surface area contributed by atoms with Gasteiger partial charge in [0.2, 0.25) is 11.0 Å². The summed E-state index contributed by atoms with van der Waals surface area (Å²) in [5, 5.41) is 15.5. The van der Waals surface area contributed by atoms with Crippen LogP contribution in [0, 0.1) is 6.92 Å². The zero-order valence-electron chi connectivity index (χ0n) is 12.4. The lowest BCUT2D eigenvalue weighted by Gasteiger charge is -2.07. The van der Waals surface area contributed by atoms with Gasteiger partial charge in [0.1, 0.15) is 0 Å². The molecule has 118 valence electrons. The van der Waals surface area contributed by atoms with E-state index >= 15 is 0 Å². The van der Waals surface area contributed by atoms with Crippen LogP contribution in [0.5, 0.6) is 0 Å². The summed E-state index contributed by atoms with van der Waals surface area (Å²) >= 11 is 8.76. The van der Waals surface area contributed by atoms with Crippen molar-refractivity contribution in [2.75, 3.05) is 22.9 Å². The normalized spacial score (nSPS) is 10.5. The maximum atomic E-state index is 12.0. The molecular weight excluding hydrogens is 340 g/mol. The van der Waals surface area contributed by atoms with Gasteiger partial charge in [-0.2, -0.15) is 0 Å². The summed E-state index contributed by atoms with van der Waals surface area (Å²) in [6.07, 6.45) is 1.03. The van der Waals surface area contributed by atoms with Crippen molar-refractivity contribution in [2.24, 2.45) is 0 Å². The number of aromatic nitrogens is 2. The Morgan fingerprint density at radius 1 is 1.41 bits per heavy atom. The average Bonchev–Trinajstić information content (AvgIpc) is 2.95. The van der Waals surface area contributed by atoms with Crippen LogP contribution in [0.4, 0.5) is 10.8 Å². The molecule has 0 unspecified atom stereocenters. The van der Waals surface area contributed by atoms with Crippen LogP contribution in [0.1, 0.15) is 18.9 Å². The van der Waals surface area contributed by atoms with Gasteiger partial charge in [0.15, 0.2) is 4.34 Å². The summed E-state index contributed by atoms with van der Waals surface area (Å²) in [5.74, 6) is 0.197. The summed E-state index contributed by atoms with van der Waals surface area (Å²) in [4.78, 5) is 12.0. The van der Waals surface area contributed by atoms with Crippen molar-refractivity contribution in [3.63, 3.8) is 0 Å². The summed E-state index contributed by atoms with van der Waals surface area (Å²) in [6.45, 7) is 4.88. The molecule has 1 aromatic heterocycles. The molecule has 0 bridgehead atoms. The Morgan fingerprint density at radius 2 is 2.23 bits per heavy atom. The Morgan fingerprint density at radius 3 is 3.00 bits per heavy atom. The molecule has 1 amide bonds. The molecule has 8 heteroatoms. The maximum absolute atomic E-state index is 12.0. The number of anilines is 2. The average molecular weight is 357 g/mol. The quantitative estimate of drug-likeness (QED) is 0.732. The first-order valence-corrected chi connectivity index (χ1v) is 9.02. The van der Waals surface area contributed by atoms with Gasteiger partial charge in [0, 0.05) is 17.3 Å². The molecule has 22 heavy (non-hydrogen) atoms. The Labute approximate surface area is 142 Å². The highest BCUT2D eigenvalue weighted by atomic mass is 35.5. The van der Waals surface area contributed by atoms with Crippen LogP contribution >= 0.6 is 34.7 Å². The largest absolute Gasteiger partial charge is 0.360 e. The van der Waals surface area contributed by atoms with Crippen LogP contribution in [0.15, 0.2) is 22.5 Å². The standard InChI is InChI=1S/C14H17ClN4OS2/c1-3-6-16-13-18-19-14(22-13)21-8-12(20)17-11-7-10(15)5-4-9(11)2/h4-5,7H,3,6,8H2,1-2H3,(H,16,18)(H,17,20). The van der Waals surface area contributed by atoms with E-state index in [0.29, 0.717) is 5.02 Å². The zero-order chi connectivity index (χ0) is 15.9. The minimum absolute atomic E-state index is 0.0892. The summed E-state index contributed by atoms with van der Waals surface area (Å²) in [6, 6.07) is 5.42. The van der Waals surface area contributed by atoms with Crippen LogP contribution in [0.2, 0.25) is 5.02 Å². The molecule has 0 aliphatic rings. The van der Waals surface area contributed by atoms with E-state index in [2.05, 4.69) is 27.8 Å². The fourth-order valence-corrected chi connectivity index (χ4v) is 3.36. The van der Waals surface area contributed by atoms with Crippen LogP contribution in [0.25, 0.3) is 0 Å². The van der Waals surface area contributed by atoms with Crippen LogP contribution in [-0.2, 0) is 4.79 Å². The monoisotopic (exact) mass is 356 g/mol. The molecule has 1 heterocycles. The molecule has 0 aliphatic heterocycles. The Kier molecular flexibility index (Phi) is 6.48. The number of benzene rings is 1. The number of rotatable bonds is 7. The smallest absolute Gasteiger partial charge is 0.234 e. The summed E-state index contributed by atoms with van der Waals surface area (Å²) in [5.41, 5.74) is 1.71. The van der Waals surface area contributed by atoms with Crippen LogP contribution in [0.3, 0.4) is 0 Å². The molecule has 0 fully saturated rings. The van der Waals surface area contributed by atoms with Gasteiger partial charge in [-0.25, -0.2) is 0 Å². The molecular formula is C14H17ClN4OS2. The Balaban J connectivity index is 1.85. The third-order valence-electron chi connectivity index (χ3n) is 2.73. The first-order valence-electron chi connectivity index (χ1n) is 6.84. The van der Waals surface area contributed by atoms with Gasteiger partial charge >= 0.3 is 0 Å². The van der Waals surface area contributed by atoms with E-state index in [9.17, 15) is 4.79 Å². The number of thioether (sulfide) groups is 1.